The van der Waals surface area contributed by atoms with Gasteiger partial charge in [0.2, 0.25) is 0 Å². The molecule has 7 nitrogen and oxygen atoms in total. The molecule has 2 atom stereocenters. The van der Waals surface area contributed by atoms with Crippen LogP contribution in [-0.2, 0) is 9.53 Å². The summed E-state index contributed by atoms with van der Waals surface area (Å²) in [6.45, 7) is 2.18. The van der Waals surface area contributed by atoms with E-state index < -0.39 is 12.1 Å². The number of carboxylic acid groups (broad SMARTS) is 1. The minimum atomic E-state index is -1.05. The van der Waals surface area contributed by atoms with Crippen LogP contribution in [0.4, 0.5) is 0 Å². The first kappa shape index (κ1) is 16.8. The third-order valence-electron chi connectivity index (χ3n) is 4.77. The number of nitrogens with zero attached hydrogens (tertiary/aromatic N) is 3. The lowest BCUT2D eigenvalue weighted by Crippen LogP contribution is -2.52. The minimum absolute atomic E-state index is 0.0389. The van der Waals surface area contributed by atoms with E-state index in [-0.39, 0.29) is 18.6 Å². The molecule has 1 unspecified atom stereocenters. The number of benzene rings is 1. The number of aliphatic carboxylic acids is 1. The van der Waals surface area contributed by atoms with Gasteiger partial charge in [0.1, 0.15) is 5.69 Å². The first-order valence-electron chi connectivity index (χ1n) is 8.86. The Labute approximate surface area is 151 Å². The number of ether oxygens (including phenoxy) is 1. The standard InChI is InChI=1S/C19H21N3O4/c1-12-10-21(11-17(26-12)19(24)25)18(23)16-9-15(13-7-8-13)20-22(16)14-5-3-2-4-6-14/h2-6,9,12-13,17H,7-8,10-11H2,1H3,(H,24,25)/t12-,17?/m1/s1. The molecule has 2 aromatic rings. The van der Waals surface area contributed by atoms with Gasteiger partial charge < -0.3 is 14.7 Å². The SMILES string of the molecule is C[C@@H]1CN(C(=O)c2cc(C3CC3)nn2-c2ccccc2)CC(C(=O)O)O1. The molecule has 1 aliphatic heterocycles. The van der Waals surface area contributed by atoms with E-state index in [0.29, 0.717) is 18.2 Å². The molecule has 1 saturated carbocycles. The highest BCUT2D eigenvalue weighted by atomic mass is 16.5. The summed E-state index contributed by atoms with van der Waals surface area (Å²) in [5.74, 6) is -0.846. The Balaban J connectivity index is 1.68. The number of hydrogen-bond acceptors (Lipinski definition) is 4. The topological polar surface area (TPSA) is 84.7 Å². The number of aromatic nitrogens is 2. The highest BCUT2D eigenvalue weighted by Crippen LogP contribution is 2.40. The molecule has 2 heterocycles. The van der Waals surface area contributed by atoms with E-state index in [4.69, 9.17) is 4.74 Å². The molecule has 2 aliphatic rings. The Hall–Kier alpha value is -2.67. The van der Waals surface area contributed by atoms with Gasteiger partial charge in [-0.3, -0.25) is 4.79 Å². The van der Waals surface area contributed by atoms with Crippen molar-refractivity contribution in [1.29, 1.82) is 0 Å². The number of amides is 1. The first-order valence-corrected chi connectivity index (χ1v) is 8.86. The van der Waals surface area contributed by atoms with E-state index in [2.05, 4.69) is 5.10 Å². The van der Waals surface area contributed by atoms with E-state index in [1.165, 1.54) is 0 Å². The number of hydrogen-bond donors (Lipinski definition) is 1. The number of morpholine rings is 1. The van der Waals surface area contributed by atoms with E-state index in [1.807, 2.05) is 36.4 Å². The fourth-order valence-corrected chi connectivity index (χ4v) is 3.31. The van der Waals surface area contributed by atoms with Crippen LogP contribution in [-0.4, -0.2) is 57.0 Å². The molecule has 1 N–H and O–H groups in total. The summed E-state index contributed by atoms with van der Waals surface area (Å²) in [7, 11) is 0. The average Bonchev–Trinajstić information content (AvgIpc) is 3.40. The van der Waals surface area contributed by atoms with Gasteiger partial charge in [-0.2, -0.15) is 5.10 Å². The summed E-state index contributed by atoms with van der Waals surface area (Å²) in [6, 6.07) is 11.4. The Morgan fingerprint density at radius 3 is 2.58 bits per heavy atom. The second kappa shape index (κ2) is 6.57. The van der Waals surface area contributed by atoms with Crippen molar-refractivity contribution in [3.63, 3.8) is 0 Å². The first-order chi connectivity index (χ1) is 12.5. The summed E-state index contributed by atoms with van der Waals surface area (Å²) in [5.41, 5.74) is 2.21. The van der Waals surface area contributed by atoms with Gasteiger partial charge in [-0.1, -0.05) is 18.2 Å². The summed E-state index contributed by atoms with van der Waals surface area (Å²) in [4.78, 5) is 26.1. The molecule has 1 aromatic heterocycles. The maximum absolute atomic E-state index is 13.2. The quantitative estimate of drug-likeness (QED) is 0.907. The lowest BCUT2D eigenvalue weighted by Gasteiger charge is -2.34. The predicted octanol–water partition coefficient (Wildman–Crippen LogP) is 2.06. The van der Waals surface area contributed by atoms with Crippen LogP contribution in [0, 0.1) is 0 Å². The lowest BCUT2D eigenvalue weighted by molar-refractivity contribution is -0.160. The van der Waals surface area contributed by atoms with Gasteiger partial charge in [-0.25, -0.2) is 9.48 Å². The molecular formula is C19H21N3O4. The zero-order chi connectivity index (χ0) is 18.3. The van der Waals surface area contributed by atoms with Gasteiger partial charge in [-0.15, -0.1) is 0 Å². The van der Waals surface area contributed by atoms with E-state index in [9.17, 15) is 14.7 Å². The molecule has 0 bridgehead atoms. The van der Waals surface area contributed by atoms with E-state index in [0.717, 1.165) is 24.2 Å². The van der Waals surface area contributed by atoms with Gasteiger partial charge in [0.05, 0.1) is 24.0 Å². The van der Waals surface area contributed by atoms with Crippen molar-refractivity contribution >= 4 is 11.9 Å². The average molecular weight is 355 g/mol. The second-order valence-corrected chi connectivity index (χ2v) is 6.96. The highest BCUT2D eigenvalue weighted by molar-refractivity contribution is 5.94. The fraction of sp³-hybridized carbons (Fsp3) is 0.421. The molecule has 1 aliphatic carbocycles. The Morgan fingerprint density at radius 2 is 1.92 bits per heavy atom. The molecule has 0 radical (unpaired) electrons. The monoisotopic (exact) mass is 355 g/mol. The molecule has 0 spiro atoms. The third kappa shape index (κ3) is 3.22. The largest absolute Gasteiger partial charge is 0.479 e. The van der Waals surface area contributed by atoms with Crippen molar-refractivity contribution in [1.82, 2.24) is 14.7 Å². The molecule has 1 amide bonds. The zero-order valence-corrected chi connectivity index (χ0v) is 14.5. The normalized spacial score (nSPS) is 23.0. The number of rotatable bonds is 4. The summed E-state index contributed by atoms with van der Waals surface area (Å²) >= 11 is 0. The summed E-state index contributed by atoms with van der Waals surface area (Å²) < 4.78 is 7.09. The number of para-hydroxylation sites is 1. The fourth-order valence-electron chi connectivity index (χ4n) is 3.31. The van der Waals surface area contributed by atoms with Crippen molar-refractivity contribution in [3.8, 4) is 5.69 Å². The number of carboxylic acids is 1. The smallest absolute Gasteiger partial charge is 0.334 e. The molecule has 136 valence electrons. The van der Waals surface area contributed by atoms with Gasteiger partial charge in [-0.05, 0) is 38.0 Å². The molecule has 1 aromatic carbocycles. The molecule has 2 fully saturated rings. The zero-order valence-electron chi connectivity index (χ0n) is 14.5. The van der Waals surface area contributed by atoms with Gasteiger partial charge in [0.15, 0.2) is 6.10 Å². The van der Waals surface area contributed by atoms with Crippen LogP contribution < -0.4 is 0 Å². The van der Waals surface area contributed by atoms with Gasteiger partial charge in [0, 0.05) is 12.5 Å². The predicted molar refractivity (Wildman–Crippen MR) is 93.4 cm³/mol. The van der Waals surface area contributed by atoms with Crippen LogP contribution in [0.15, 0.2) is 36.4 Å². The van der Waals surface area contributed by atoms with Crippen LogP contribution in [0.1, 0.15) is 41.9 Å². The van der Waals surface area contributed by atoms with Crippen molar-refractivity contribution in [2.24, 2.45) is 0 Å². The van der Waals surface area contributed by atoms with Gasteiger partial charge in [0.25, 0.3) is 5.91 Å². The van der Waals surface area contributed by atoms with Crippen molar-refractivity contribution in [3.05, 3.63) is 47.8 Å². The Bertz CT molecular complexity index is 829. The van der Waals surface area contributed by atoms with Crippen molar-refractivity contribution in [2.75, 3.05) is 13.1 Å². The van der Waals surface area contributed by atoms with E-state index >= 15 is 0 Å². The molecule has 7 heteroatoms. The number of carbonyl (C=O) groups excluding carboxylic acids is 1. The number of carbonyl (C=O) groups is 2. The maximum atomic E-state index is 13.2. The van der Waals surface area contributed by atoms with E-state index in [1.54, 1.807) is 16.5 Å². The Morgan fingerprint density at radius 1 is 1.19 bits per heavy atom. The van der Waals surface area contributed by atoms with Crippen molar-refractivity contribution in [2.45, 2.75) is 37.9 Å². The summed E-state index contributed by atoms with van der Waals surface area (Å²) in [6.07, 6.45) is 0.855. The third-order valence-corrected chi connectivity index (χ3v) is 4.77. The van der Waals surface area contributed by atoms with Crippen LogP contribution in [0.2, 0.25) is 0 Å². The molecule has 1 saturated heterocycles. The maximum Gasteiger partial charge on any atom is 0.334 e. The van der Waals surface area contributed by atoms with Crippen LogP contribution in [0.3, 0.4) is 0 Å². The van der Waals surface area contributed by atoms with Crippen LogP contribution in [0.25, 0.3) is 5.69 Å². The highest BCUT2D eigenvalue weighted by Gasteiger charge is 2.35. The molecular weight excluding hydrogens is 334 g/mol. The van der Waals surface area contributed by atoms with Crippen LogP contribution in [0.5, 0.6) is 0 Å². The Kier molecular flexibility index (Phi) is 4.24. The van der Waals surface area contributed by atoms with Gasteiger partial charge >= 0.3 is 5.97 Å². The second-order valence-electron chi connectivity index (χ2n) is 6.96. The lowest BCUT2D eigenvalue weighted by atomic mass is 10.2. The minimum Gasteiger partial charge on any atom is -0.479 e. The van der Waals surface area contributed by atoms with Crippen molar-refractivity contribution < 1.29 is 19.4 Å². The van der Waals surface area contributed by atoms with Crippen LogP contribution >= 0.6 is 0 Å². The summed E-state index contributed by atoms with van der Waals surface area (Å²) in [5, 5.41) is 13.9. The molecule has 26 heavy (non-hydrogen) atoms. The molecule has 4 rings (SSSR count).